The molecular weight excluding hydrogens is 268 g/mol. The molecule has 114 valence electrons. The number of carbonyl (C=O) groups is 2. The molecule has 0 aromatic carbocycles. The van der Waals surface area contributed by atoms with Gasteiger partial charge in [0.05, 0.1) is 0 Å². The number of aromatic nitrogens is 1. The Morgan fingerprint density at radius 3 is 3.00 bits per heavy atom. The minimum atomic E-state index is -0.161. The van der Waals surface area contributed by atoms with E-state index >= 15 is 0 Å². The lowest BCUT2D eigenvalue weighted by atomic mass is 10.2. The van der Waals surface area contributed by atoms with E-state index in [2.05, 4.69) is 20.5 Å². The van der Waals surface area contributed by atoms with Crippen LogP contribution in [0, 0.1) is 0 Å². The molecule has 0 bridgehead atoms. The number of hydrogen-bond donors (Lipinski definition) is 2. The van der Waals surface area contributed by atoms with Crippen molar-refractivity contribution in [3.8, 4) is 0 Å². The summed E-state index contributed by atoms with van der Waals surface area (Å²) in [4.78, 5) is 29.0. The maximum absolute atomic E-state index is 11.7. The molecule has 1 atom stereocenters. The highest BCUT2D eigenvalue weighted by molar-refractivity contribution is 5.76. The van der Waals surface area contributed by atoms with E-state index in [0.717, 1.165) is 25.3 Å². The van der Waals surface area contributed by atoms with E-state index in [1.165, 1.54) is 0 Å². The maximum atomic E-state index is 11.7. The van der Waals surface area contributed by atoms with Gasteiger partial charge in [-0.25, -0.2) is 9.78 Å². The van der Waals surface area contributed by atoms with Crippen LogP contribution in [0.4, 0.5) is 10.6 Å². The molecule has 6 heteroatoms. The van der Waals surface area contributed by atoms with Crippen LogP contribution in [0.2, 0.25) is 0 Å². The number of hydrogen-bond acceptors (Lipinski definition) is 4. The Morgan fingerprint density at radius 1 is 1.43 bits per heavy atom. The number of ketones is 1. The van der Waals surface area contributed by atoms with Crippen LogP contribution >= 0.6 is 0 Å². The molecule has 1 aromatic rings. The third-order valence-electron chi connectivity index (χ3n) is 3.49. The van der Waals surface area contributed by atoms with Crippen molar-refractivity contribution >= 4 is 17.6 Å². The molecule has 1 fully saturated rings. The van der Waals surface area contributed by atoms with Crippen LogP contribution in [-0.4, -0.2) is 42.5 Å². The van der Waals surface area contributed by atoms with Gasteiger partial charge in [0.25, 0.3) is 0 Å². The minimum Gasteiger partial charge on any atom is -0.354 e. The molecular formula is C15H22N4O2. The summed E-state index contributed by atoms with van der Waals surface area (Å²) in [5.74, 6) is 1.10. The van der Waals surface area contributed by atoms with Gasteiger partial charge in [-0.15, -0.1) is 0 Å². The molecule has 1 aliphatic rings. The molecule has 6 nitrogen and oxygen atoms in total. The first kappa shape index (κ1) is 15.3. The van der Waals surface area contributed by atoms with Crippen LogP contribution in [0.3, 0.4) is 0 Å². The summed E-state index contributed by atoms with van der Waals surface area (Å²) in [6.07, 6.45) is 3.89. The Hall–Kier alpha value is -2.11. The minimum absolute atomic E-state index is 0.139. The first-order chi connectivity index (χ1) is 10.1. The maximum Gasteiger partial charge on any atom is 0.315 e. The third kappa shape index (κ3) is 5.06. The van der Waals surface area contributed by atoms with Gasteiger partial charge in [0.2, 0.25) is 0 Å². The standard InChI is InChI=1S/C15H22N4O2/c1-12(20)5-4-9-17-15(21)18-13-7-10-19(11-13)14-6-2-3-8-16-14/h2-3,6,8,13H,4-5,7,9-11H2,1H3,(H2,17,18,21)/t13-/m1/s1. The first-order valence-electron chi connectivity index (χ1n) is 7.35. The summed E-state index contributed by atoms with van der Waals surface area (Å²) >= 11 is 0. The number of nitrogens with zero attached hydrogens (tertiary/aromatic N) is 2. The van der Waals surface area contributed by atoms with Gasteiger partial charge in [0.1, 0.15) is 11.6 Å². The largest absolute Gasteiger partial charge is 0.354 e. The van der Waals surface area contributed by atoms with Crippen LogP contribution in [0.25, 0.3) is 0 Å². The lowest BCUT2D eigenvalue weighted by molar-refractivity contribution is -0.117. The number of carbonyl (C=O) groups excluding carboxylic acids is 2. The molecule has 2 heterocycles. The highest BCUT2D eigenvalue weighted by Gasteiger charge is 2.24. The van der Waals surface area contributed by atoms with Gasteiger partial charge in [0.15, 0.2) is 0 Å². The smallest absolute Gasteiger partial charge is 0.315 e. The molecule has 2 amide bonds. The predicted molar refractivity (Wildman–Crippen MR) is 81.3 cm³/mol. The van der Waals surface area contributed by atoms with Crippen molar-refractivity contribution in [2.75, 3.05) is 24.5 Å². The average Bonchev–Trinajstić information content (AvgIpc) is 2.93. The molecule has 0 aliphatic carbocycles. The van der Waals surface area contributed by atoms with Crippen molar-refractivity contribution in [2.24, 2.45) is 0 Å². The number of anilines is 1. The van der Waals surface area contributed by atoms with Gasteiger partial charge in [0, 0.05) is 38.3 Å². The number of Topliss-reactive ketones (excluding diaryl/α,β-unsaturated/α-hetero) is 1. The highest BCUT2D eigenvalue weighted by atomic mass is 16.2. The zero-order valence-electron chi connectivity index (χ0n) is 12.3. The molecule has 21 heavy (non-hydrogen) atoms. The van der Waals surface area contributed by atoms with Gasteiger partial charge in [-0.3, -0.25) is 0 Å². The Bertz CT molecular complexity index is 478. The summed E-state index contributed by atoms with van der Waals surface area (Å²) in [5.41, 5.74) is 0. The highest BCUT2D eigenvalue weighted by Crippen LogP contribution is 2.17. The second kappa shape index (κ2) is 7.61. The van der Waals surface area contributed by atoms with Gasteiger partial charge in [-0.1, -0.05) is 6.07 Å². The van der Waals surface area contributed by atoms with Crippen LogP contribution in [0.1, 0.15) is 26.2 Å². The Kier molecular flexibility index (Phi) is 5.54. The van der Waals surface area contributed by atoms with E-state index < -0.39 is 0 Å². The SMILES string of the molecule is CC(=O)CCCNC(=O)N[C@@H]1CCN(c2ccccn2)C1. The van der Waals surface area contributed by atoms with E-state index in [0.29, 0.717) is 19.4 Å². The van der Waals surface area contributed by atoms with E-state index in [-0.39, 0.29) is 17.9 Å². The van der Waals surface area contributed by atoms with Crippen molar-refractivity contribution in [1.82, 2.24) is 15.6 Å². The van der Waals surface area contributed by atoms with Crippen molar-refractivity contribution in [1.29, 1.82) is 0 Å². The molecule has 2 N–H and O–H groups in total. The fourth-order valence-electron chi connectivity index (χ4n) is 2.40. The molecule has 1 aliphatic heterocycles. The Balaban J connectivity index is 1.68. The molecule has 0 unspecified atom stereocenters. The third-order valence-corrected chi connectivity index (χ3v) is 3.49. The molecule has 1 aromatic heterocycles. The molecule has 0 saturated carbocycles. The van der Waals surface area contributed by atoms with Gasteiger partial charge < -0.3 is 20.3 Å². The predicted octanol–water partition coefficient (Wildman–Crippen LogP) is 1.33. The van der Waals surface area contributed by atoms with Crippen molar-refractivity contribution in [3.63, 3.8) is 0 Å². The lowest BCUT2D eigenvalue weighted by Crippen LogP contribution is -2.43. The van der Waals surface area contributed by atoms with Crippen molar-refractivity contribution in [3.05, 3.63) is 24.4 Å². The van der Waals surface area contributed by atoms with E-state index in [1.807, 2.05) is 18.2 Å². The molecule has 1 saturated heterocycles. The van der Waals surface area contributed by atoms with Gasteiger partial charge >= 0.3 is 6.03 Å². The summed E-state index contributed by atoms with van der Waals surface area (Å²) in [5, 5.41) is 5.75. The average molecular weight is 290 g/mol. The fourth-order valence-corrected chi connectivity index (χ4v) is 2.40. The summed E-state index contributed by atoms with van der Waals surface area (Å²) < 4.78 is 0. The van der Waals surface area contributed by atoms with E-state index in [9.17, 15) is 9.59 Å². The van der Waals surface area contributed by atoms with Gasteiger partial charge in [-0.05, 0) is 31.9 Å². The number of nitrogens with one attached hydrogen (secondary N) is 2. The summed E-state index contributed by atoms with van der Waals surface area (Å²) in [7, 11) is 0. The van der Waals surface area contributed by atoms with Gasteiger partial charge in [-0.2, -0.15) is 0 Å². The van der Waals surface area contributed by atoms with E-state index in [4.69, 9.17) is 0 Å². The first-order valence-corrected chi connectivity index (χ1v) is 7.35. The zero-order valence-corrected chi connectivity index (χ0v) is 12.3. The second-order valence-electron chi connectivity index (χ2n) is 5.33. The van der Waals surface area contributed by atoms with Crippen molar-refractivity contribution < 1.29 is 9.59 Å². The van der Waals surface area contributed by atoms with E-state index in [1.54, 1.807) is 13.1 Å². The van der Waals surface area contributed by atoms with Crippen LogP contribution in [0.5, 0.6) is 0 Å². The Morgan fingerprint density at radius 2 is 2.29 bits per heavy atom. The molecule has 2 rings (SSSR count). The number of amides is 2. The second-order valence-corrected chi connectivity index (χ2v) is 5.33. The van der Waals surface area contributed by atoms with Crippen molar-refractivity contribution in [2.45, 2.75) is 32.2 Å². The van der Waals surface area contributed by atoms with Crippen LogP contribution < -0.4 is 15.5 Å². The Labute approximate surface area is 124 Å². The number of rotatable bonds is 6. The fraction of sp³-hybridized carbons (Fsp3) is 0.533. The van der Waals surface area contributed by atoms with Crippen LogP contribution in [0.15, 0.2) is 24.4 Å². The molecule has 0 spiro atoms. The lowest BCUT2D eigenvalue weighted by Gasteiger charge is -2.17. The summed E-state index contributed by atoms with van der Waals surface area (Å²) in [6, 6.07) is 5.81. The quantitative estimate of drug-likeness (QED) is 0.775. The topological polar surface area (TPSA) is 74.3 Å². The molecule has 0 radical (unpaired) electrons. The monoisotopic (exact) mass is 290 g/mol. The normalized spacial score (nSPS) is 17.6. The summed E-state index contributed by atoms with van der Waals surface area (Å²) in [6.45, 7) is 3.76. The zero-order chi connectivity index (χ0) is 15.1. The van der Waals surface area contributed by atoms with Crippen LogP contribution in [-0.2, 0) is 4.79 Å². The number of pyridine rings is 1. The number of urea groups is 1.